The molecule has 1 aromatic carbocycles. The van der Waals surface area contributed by atoms with E-state index in [1.807, 2.05) is 29.9 Å². The van der Waals surface area contributed by atoms with Gasteiger partial charge in [0.05, 0.1) is 24.2 Å². The standard InChI is InChI=1S/C19H24N4O4/c1-14-5-6-15(12-17(14)23(25)26)19(24)20-13-18(16-4-3-7-21(16)2)22-8-10-27-11-9-22/h3-7,12,18H,8-11,13H2,1-2H3,(H,20,24). The molecule has 1 unspecified atom stereocenters. The maximum absolute atomic E-state index is 12.6. The lowest BCUT2D eigenvalue weighted by molar-refractivity contribution is -0.385. The summed E-state index contributed by atoms with van der Waals surface area (Å²) in [5.74, 6) is -0.314. The molecule has 1 N–H and O–H groups in total. The number of nitrogens with one attached hydrogen (secondary N) is 1. The van der Waals surface area contributed by atoms with Crippen LogP contribution in [0.3, 0.4) is 0 Å². The zero-order valence-corrected chi connectivity index (χ0v) is 15.6. The molecule has 1 atom stereocenters. The minimum Gasteiger partial charge on any atom is -0.379 e. The number of aryl methyl sites for hydroxylation is 2. The number of rotatable bonds is 6. The molecule has 0 saturated carbocycles. The van der Waals surface area contributed by atoms with E-state index in [9.17, 15) is 14.9 Å². The fourth-order valence-electron chi connectivity index (χ4n) is 3.37. The lowest BCUT2D eigenvalue weighted by Gasteiger charge is -2.35. The minimum atomic E-state index is -0.466. The first kappa shape index (κ1) is 19.1. The highest BCUT2D eigenvalue weighted by Gasteiger charge is 2.25. The molecule has 144 valence electrons. The molecule has 27 heavy (non-hydrogen) atoms. The molecule has 1 amide bonds. The number of carbonyl (C=O) groups excluding carboxylic acids is 1. The smallest absolute Gasteiger partial charge is 0.273 e. The van der Waals surface area contributed by atoms with E-state index >= 15 is 0 Å². The van der Waals surface area contributed by atoms with Crippen molar-refractivity contribution in [1.29, 1.82) is 0 Å². The summed E-state index contributed by atoms with van der Waals surface area (Å²) in [6.45, 7) is 4.99. The summed E-state index contributed by atoms with van der Waals surface area (Å²) in [5.41, 5.74) is 1.88. The summed E-state index contributed by atoms with van der Waals surface area (Å²) in [7, 11) is 1.98. The van der Waals surface area contributed by atoms with Crippen LogP contribution < -0.4 is 5.32 Å². The molecule has 1 fully saturated rings. The van der Waals surface area contributed by atoms with Gasteiger partial charge < -0.3 is 14.6 Å². The molecule has 1 aromatic heterocycles. The van der Waals surface area contributed by atoms with Crippen LogP contribution in [0.25, 0.3) is 0 Å². The van der Waals surface area contributed by atoms with Crippen LogP contribution in [0.15, 0.2) is 36.5 Å². The second-order valence-electron chi connectivity index (χ2n) is 6.68. The normalized spacial score (nSPS) is 16.1. The highest BCUT2D eigenvalue weighted by atomic mass is 16.6. The highest BCUT2D eigenvalue weighted by molar-refractivity contribution is 5.95. The van der Waals surface area contributed by atoms with Gasteiger partial charge in [0.1, 0.15) is 0 Å². The van der Waals surface area contributed by atoms with Crippen molar-refractivity contribution in [3.63, 3.8) is 0 Å². The molecule has 0 radical (unpaired) electrons. The van der Waals surface area contributed by atoms with E-state index in [2.05, 4.69) is 10.2 Å². The van der Waals surface area contributed by atoms with Gasteiger partial charge in [0, 0.05) is 55.8 Å². The third-order valence-electron chi connectivity index (χ3n) is 4.94. The topological polar surface area (TPSA) is 89.6 Å². The molecule has 2 heterocycles. The Hall–Kier alpha value is -2.71. The summed E-state index contributed by atoms with van der Waals surface area (Å²) in [5, 5.41) is 14.1. The Labute approximate surface area is 157 Å². The predicted octanol–water partition coefficient (Wildman–Crippen LogP) is 2.05. The summed E-state index contributed by atoms with van der Waals surface area (Å²) < 4.78 is 7.48. The Kier molecular flexibility index (Phi) is 5.88. The first-order valence-electron chi connectivity index (χ1n) is 8.93. The minimum absolute atomic E-state index is 0.0123. The van der Waals surface area contributed by atoms with Gasteiger partial charge in [-0.25, -0.2) is 0 Å². The van der Waals surface area contributed by atoms with Crippen LogP contribution in [0.4, 0.5) is 5.69 Å². The van der Waals surface area contributed by atoms with Crippen LogP contribution in [0.1, 0.15) is 27.7 Å². The molecule has 1 saturated heterocycles. The number of carbonyl (C=O) groups is 1. The number of aromatic nitrogens is 1. The molecule has 8 nitrogen and oxygen atoms in total. The van der Waals surface area contributed by atoms with Crippen molar-refractivity contribution in [2.45, 2.75) is 13.0 Å². The monoisotopic (exact) mass is 372 g/mol. The van der Waals surface area contributed by atoms with Gasteiger partial charge in [-0.15, -0.1) is 0 Å². The van der Waals surface area contributed by atoms with Gasteiger partial charge in [0.15, 0.2) is 0 Å². The third kappa shape index (κ3) is 4.35. The summed E-state index contributed by atoms with van der Waals surface area (Å²) in [6.07, 6.45) is 1.98. The maximum Gasteiger partial charge on any atom is 0.273 e. The van der Waals surface area contributed by atoms with Crippen LogP contribution in [0, 0.1) is 17.0 Å². The molecular formula is C19H24N4O4. The predicted molar refractivity (Wildman–Crippen MR) is 101 cm³/mol. The van der Waals surface area contributed by atoms with Gasteiger partial charge in [-0.1, -0.05) is 6.07 Å². The first-order chi connectivity index (χ1) is 13.0. The quantitative estimate of drug-likeness (QED) is 0.619. The second kappa shape index (κ2) is 8.32. The molecule has 1 aliphatic heterocycles. The average molecular weight is 372 g/mol. The van der Waals surface area contributed by atoms with Gasteiger partial charge in [0.2, 0.25) is 0 Å². The lowest BCUT2D eigenvalue weighted by Crippen LogP contribution is -2.44. The van der Waals surface area contributed by atoms with E-state index in [1.165, 1.54) is 6.07 Å². The molecule has 0 aliphatic carbocycles. The van der Waals surface area contributed by atoms with Crippen molar-refractivity contribution >= 4 is 11.6 Å². The number of hydrogen-bond donors (Lipinski definition) is 1. The zero-order valence-electron chi connectivity index (χ0n) is 15.6. The SMILES string of the molecule is Cc1ccc(C(=O)NCC(c2cccn2C)N2CCOCC2)cc1[N+](=O)[O-]. The Balaban J connectivity index is 1.75. The van der Waals surface area contributed by atoms with Crippen molar-refractivity contribution in [2.75, 3.05) is 32.8 Å². The number of nitrogens with zero attached hydrogens (tertiary/aromatic N) is 3. The van der Waals surface area contributed by atoms with Gasteiger partial charge >= 0.3 is 0 Å². The zero-order chi connectivity index (χ0) is 19.4. The van der Waals surface area contributed by atoms with Crippen LogP contribution in [0.2, 0.25) is 0 Å². The molecule has 0 bridgehead atoms. The van der Waals surface area contributed by atoms with Crippen molar-refractivity contribution in [2.24, 2.45) is 7.05 Å². The summed E-state index contributed by atoms with van der Waals surface area (Å²) >= 11 is 0. The number of ether oxygens (including phenoxy) is 1. The molecule has 0 spiro atoms. The fraction of sp³-hybridized carbons (Fsp3) is 0.421. The van der Waals surface area contributed by atoms with E-state index in [4.69, 9.17) is 4.74 Å². The van der Waals surface area contributed by atoms with Gasteiger partial charge in [-0.3, -0.25) is 19.8 Å². The molecule has 3 rings (SSSR count). The number of nitro groups is 1. The number of nitro benzene ring substituents is 1. The van der Waals surface area contributed by atoms with Gasteiger partial charge in [-0.2, -0.15) is 0 Å². The number of hydrogen-bond acceptors (Lipinski definition) is 5. The molecule has 2 aromatic rings. The van der Waals surface area contributed by atoms with Gasteiger partial charge in [0.25, 0.3) is 11.6 Å². The fourth-order valence-corrected chi connectivity index (χ4v) is 3.37. The summed E-state index contributed by atoms with van der Waals surface area (Å²) in [6, 6.07) is 8.58. The Bertz CT molecular complexity index is 827. The van der Waals surface area contributed by atoms with Crippen molar-refractivity contribution in [3.05, 3.63) is 63.5 Å². The lowest BCUT2D eigenvalue weighted by atomic mass is 10.1. The van der Waals surface area contributed by atoms with E-state index in [1.54, 1.807) is 19.1 Å². The molecular weight excluding hydrogens is 348 g/mol. The van der Waals surface area contributed by atoms with E-state index in [-0.39, 0.29) is 17.6 Å². The van der Waals surface area contributed by atoms with Crippen LogP contribution >= 0.6 is 0 Å². The van der Waals surface area contributed by atoms with Crippen LogP contribution in [-0.2, 0) is 11.8 Å². The molecule has 1 aliphatic rings. The van der Waals surface area contributed by atoms with Gasteiger partial charge in [-0.05, 0) is 25.1 Å². The molecule has 8 heteroatoms. The second-order valence-corrected chi connectivity index (χ2v) is 6.68. The Morgan fingerprint density at radius 2 is 2.07 bits per heavy atom. The largest absolute Gasteiger partial charge is 0.379 e. The number of morpholine rings is 1. The van der Waals surface area contributed by atoms with Crippen molar-refractivity contribution in [1.82, 2.24) is 14.8 Å². The number of benzene rings is 1. The van der Waals surface area contributed by atoms with E-state index in [0.29, 0.717) is 30.9 Å². The van der Waals surface area contributed by atoms with Crippen molar-refractivity contribution in [3.8, 4) is 0 Å². The maximum atomic E-state index is 12.6. The Morgan fingerprint density at radius 1 is 1.33 bits per heavy atom. The van der Waals surface area contributed by atoms with Crippen molar-refractivity contribution < 1.29 is 14.5 Å². The highest BCUT2D eigenvalue weighted by Crippen LogP contribution is 2.22. The van der Waals surface area contributed by atoms with E-state index < -0.39 is 4.92 Å². The van der Waals surface area contributed by atoms with Crippen LogP contribution in [-0.4, -0.2) is 53.1 Å². The average Bonchev–Trinajstić information content (AvgIpc) is 3.08. The van der Waals surface area contributed by atoms with Crippen LogP contribution in [0.5, 0.6) is 0 Å². The third-order valence-corrected chi connectivity index (χ3v) is 4.94. The van der Waals surface area contributed by atoms with E-state index in [0.717, 1.165) is 18.8 Å². The first-order valence-corrected chi connectivity index (χ1v) is 8.93. The number of amides is 1. The Morgan fingerprint density at radius 3 is 2.70 bits per heavy atom. The summed E-state index contributed by atoms with van der Waals surface area (Å²) in [4.78, 5) is 25.5.